The summed E-state index contributed by atoms with van der Waals surface area (Å²) in [7, 11) is 0. The summed E-state index contributed by atoms with van der Waals surface area (Å²) < 4.78 is 0. The van der Waals surface area contributed by atoms with Crippen LogP contribution in [0.3, 0.4) is 0 Å². The molecule has 1 heterocycles. The molecule has 0 aromatic rings. The topological polar surface area (TPSA) is 113 Å². The average Bonchev–Trinajstić information content (AvgIpc) is 2.27. The van der Waals surface area contributed by atoms with Crippen LogP contribution < -0.4 is 11.1 Å². The van der Waals surface area contributed by atoms with E-state index >= 15 is 0 Å². The van der Waals surface area contributed by atoms with Crippen molar-refractivity contribution in [3.63, 3.8) is 0 Å². The van der Waals surface area contributed by atoms with E-state index in [1.54, 1.807) is 6.92 Å². The number of aliphatic carboxylic acids is 1. The van der Waals surface area contributed by atoms with Crippen molar-refractivity contribution < 1.29 is 19.5 Å². The van der Waals surface area contributed by atoms with Gasteiger partial charge in [0.05, 0.1) is 5.92 Å². The van der Waals surface area contributed by atoms with Gasteiger partial charge in [0.2, 0.25) is 5.91 Å². The fourth-order valence-electron chi connectivity index (χ4n) is 2.02. The second-order valence-electron chi connectivity index (χ2n) is 4.64. The smallest absolute Gasteiger partial charge is 0.317 e. The molecule has 7 heteroatoms. The molecule has 1 saturated heterocycles. The Hall–Kier alpha value is -1.79. The van der Waals surface area contributed by atoms with Crippen molar-refractivity contribution in [3.8, 4) is 0 Å². The molecule has 0 radical (unpaired) electrons. The Bertz CT molecular complexity index is 345. The van der Waals surface area contributed by atoms with E-state index in [0.29, 0.717) is 19.4 Å². The van der Waals surface area contributed by atoms with Gasteiger partial charge in [-0.05, 0) is 19.8 Å². The van der Waals surface area contributed by atoms with Gasteiger partial charge in [-0.15, -0.1) is 0 Å². The van der Waals surface area contributed by atoms with Crippen LogP contribution in [0, 0.1) is 5.92 Å². The third-order valence-electron chi connectivity index (χ3n) is 2.94. The molecule has 1 rings (SSSR count). The molecule has 2 atom stereocenters. The van der Waals surface area contributed by atoms with Gasteiger partial charge in [-0.3, -0.25) is 9.59 Å². The number of hydrogen-bond acceptors (Lipinski definition) is 3. The largest absolute Gasteiger partial charge is 0.481 e. The summed E-state index contributed by atoms with van der Waals surface area (Å²) in [5.74, 6) is -1.86. The molecular formula is C11H19N3O4. The van der Waals surface area contributed by atoms with Gasteiger partial charge in [0, 0.05) is 25.6 Å². The van der Waals surface area contributed by atoms with E-state index < -0.39 is 17.8 Å². The molecule has 1 aliphatic rings. The number of piperidine rings is 1. The summed E-state index contributed by atoms with van der Waals surface area (Å²) in [6.45, 7) is 2.44. The first-order chi connectivity index (χ1) is 8.40. The minimum absolute atomic E-state index is 0.0714. The minimum atomic E-state index is -0.877. The van der Waals surface area contributed by atoms with Crippen molar-refractivity contribution >= 4 is 17.9 Å². The summed E-state index contributed by atoms with van der Waals surface area (Å²) in [5, 5.41) is 11.6. The Kier molecular flexibility index (Phi) is 4.94. The fourth-order valence-corrected chi connectivity index (χ4v) is 2.02. The number of nitrogens with zero attached hydrogens (tertiary/aromatic N) is 1. The van der Waals surface area contributed by atoms with E-state index in [-0.39, 0.29) is 25.0 Å². The molecule has 1 unspecified atom stereocenters. The minimum Gasteiger partial charge on any atom is -0.481 e. The van der Waals surface area contributed by atoms with Crippen LogP contribution >= 0.6 is 0 Å². The fraction of sp³-hybridized carbons (Fsp3) is 0.727. The molecule has 0 bridgehead atoms. The molecule has 7 nitrogen and oxygen atoms in total. The first kappa shape index (κ1) is 14.3. The molecule has 1 aliphatic heterocycles. The van der Waals surface area contributed by atoms with Crippen molar-refractivity contribution in [1.82, 2.24) is 10.2 Å². The first-order valence-electron chi connectivity index (χ1n) is 5.96. The van der Waals surface area contributed by atoms with Crippen LogP contribution in [-0.4, -0.2) is 47.0 Å². The molecule has 0 aromatic carbocycles. The molecule has 0 aliphatic carbocycles. The van der Waals surface area contributed by atoms with Crippen LogP contribution in [0.2, 0.25) is 0 Å². The van der Waals surface area contributed by atoms with Crippen LogP contribution in [0.1, 0.15) is 26.2 Å². The van der Waals surface area contributed by atoms with Crippen molar-refractivity contribution in [2.75, 3.05) is 13.1 Å². The Morgan fingerprint density at radius 1 is 1.50 bits per heavy atom. The van der Waals surface area contributed by atoms with Crippen LogP contribution in [0.25, 0.3) is 0 Å². The lowest BCUT2D eigenvalue weighted by atomic mass is 9.99. The Morgan fingerprint density at radius 2 is 2.17 bits per heavy atom. The Morgan fingerprint density at radius 3 is 2.72 bits per heavy atom. The summed E-state index contributed by atoms with van der Waals surface area (Å²) in [4.78, 5) is 34.9. The zero-order valence-corrected chi connectivity index (χ0v) is 10.4. The molecular weight excluding hydrogens is 238 g/mol. The second kappa shape index (κ2) is 6.23. The van der Waals surface area contributed by atoms with Gasteiger partial charge in [0.25, 0.3) is 0 Å². The van der Waals surface area contributed by atoms with Crippen molar-refractivity contribution in [3.05, 3.63) is 0 Å². The number of carbonyl (C=O) groups is 3. The maximum absolute atomic E-state index is 11.8. The summed E-state index contributed by atoms with van der Waals surface area (Å²) in [6.07, 6.45) is 1.34. The number of rotatable bonds is 4. The van der Waals surface area contributed by atoms with E-state index in [4.69, 9.17) is 10.8 Å². The maximum atomic E-state index is 11.8. The van der Waals surface area contributed by atoms with Crippen LogP contribution in [0.15, 0.2) is 0 Å². The van der Waals surface area contributed by atoms with Crippen LogP contribution in [0.4, 0.5) is 4.79 Å². The lowest BCUT2D eigenvalue weighted by molar-refractivity contribution is -0.143. The normalized spacial score (nSPS) is 21.2. The standard InChI is InChI=1S/C11H19N3O4/c1-7(5-9(12)15)13-11(18)14-4-2-3-8(6-14)10(16)17/h7-8H,2-6H2,1H3,(H2,12,15)(H,13,18)(H,16,17)/t7?,8-/m0/s1. The predicted molar refractivity (Wildman–Crippen MR) is 63.7 cm³/mol. The quantitative estimate of drug-likeness (QED) is 0.644. The molecule has 4 N–H and O–H groups in total. The van der Waals surface area contributed by atoms with E-state index in [1.165, 1.54) is 4.90 Å². The van der Waals surface area contributed by atoms with Gasteiger partial charge >= 0.3 is 12.0 Å². The average molecular weight is 257 g/mol. The number of primary amides is 1. The highest BCUT2D eigenvalue weighted by Crippen LogP contribution is 2.16. The third-order valence-corrected chi connectivity index (χ3v) is 2.94. The highest BCUT2D eigenvalue weighted by atomic mass is 16.4. The number of carbonyl (C=O) groups excluding carboxylic acids is 2. The van der Waals surface area contributed by atoms with Crippen molar-refractivity contribution in [1.29, 1.82) is 0 Å². The van der Waals surface area contributed by atoms with Gasteiger partial charge in [-0.25, -0.2) is 4.79 Å². The van der Waals surface area contributed by atoms with Crippen molar-refractivity contribution in [2.24, 2.45) is 11.7 Å². The molecule has 102 valence electrons. The summed E-state index contributed by atoms with van der Waals surface area (Å²) in [5.41, 5.74) is 5.03. The highest BCUT2D eigenvalue weighted by Gasteiger charge is 2.28. The number of amides is 3. The molecule has 18 heavy (non-hydrogen) atoms. The predicted octanol–water partition coefficient (Wildman–Crippen LogP) is -0.243. The van der Waals surface area contributed by atoms with Gasteiger partial charge in [0.1, 0.15) is 0 Å². The second-order valence-corrected chi connectivity index (χ2v) is 4.64. The zero-order valence-electron chi connectivity index (χ0n) is 10.4. The summed E-state index contributed by atoms with van der Waals surface area (Å²) in [6, 6.07) is -0.685. The van der Waals surface area contributed by atoms with Gasteiger partial charge in [-0.1, -0.05) is 0 Å². The lowest BCUT2D eigenvalue weighted by Crippen LogP contribution is -2.49. The number of nitrogens with two attached hydrogens (primary N) is 1. The number of likely N-dealkylation sites (tertiary alicyclic amines) is 1. The van der Waals surface area contributed by atoms with E-state index in [0.717, 1.165) is 0 Å². The third kappa shape index (κ3) is 4.23. The SMILES string of the molecule is CC(CC(N)=O)NC(=O)N1CCC[C@H](C(=O)O)C1. The highest BCUT2D eigenvalue weighted by molar-refractivity contribution is 5.78. The van der Waals surface area contributed by atoms with Crippen molar-refractivity contribution in [2.45, 2.75) is 32.2 Å². The van der Waals surface area contributed by atoms with Gasteiger partial charge in [-0.2, -0.15) is 0 Å². The maximum Gasteiger partial charge on any atom is 0.317 e. The lowest BCUT2D eigenvalue weighted by Gasteiger charge is -2.31. The van der Waals surface area contributed by atoms with E-state index in [1.807, 2.05) is 0 Å². The number of nitrogens with one attached hydrogen (secondary N) is 1. The Labute approximate surface area is 105 Å². The van der Waals surface area contributed by atoms with Crippen LogP contribution in [0.5, 0.6) is 0 Å². The monoisotopic (exact) mass is 257 g/mol. The number of urea groups is 1. The molecule has 0 spiro atoms. The van der Waals surface area contributed by atoms with E-state index in [2.05, 4.69) is 5.32 Å². The number of carboxylic acid groups (broad SMARTS) is 1. The molecule has 0 saturated carbocycles. The van der Waals surface area contributed by atoms with Gasteiger partial charge < -0.3 is 21.1 Å². The Balaban J connectivity index is 2.46. The van der Waals surface area contributed by atoms with E-state index in [9.17, 15) is 14.4 Å². The summed E-state index contributed by atoms with van der Waals surface area (Å²) >= 11 is 0. The zero-order chi connectivity index (χ0) is 13.7. The van der Waals surface area contributed by atoms with Crippen LogP contribution in [-0.2, 0) is 9.59 Å². The molecule has 0 aromatic heterocycles. The molecule has 1 fully saturated rings. The first-order valence-corrected chi connectivity index (χ1v) is 5.96. The van der Waals surface area contributed by atoms with Gasteiger partial charge in [0.15, 0.2) is 0 Å². The number of carboxylic acids is 1. The number of hydrogen-bond donors (Lipinski definition) is 3. The molecule has 3 amide bonds.